The van der Waals surface area contributed by atoms with Gasteiger partial charge in [-0.15, -0.1) is 0 Å². The minimum absolute atomic E-state index is 0.0240. The Morgan fingerprint density at radius 3 is 1.65 bits per heavy atom. The molecule has 0 aromatic heterocycles. The van der Waals surface area contributed by atoms with E-state index in [4.69, 9.17) is 0 Å². The van der Waals surface area contributed by atoms with Crippen LogP contribution in [-0.2, 0) is 0 Å². The van der Waals surface area contributed by atoms with Crippen molar-refractivity contribution in [3.63, 3.8) is 0 Å². The van der Waals surface area contributed by atoms with Crippen molar-refractivity contribution in [3.8, 4) is 0 Å². The summed E-state index contributed by atoms with van der Waals surface area (Å²) < 4.78 is 98.9. The van der Waals surface area contributed by atoms with E-state index >= 15 is 0 Å². The van der Waals surface area contributed by atoms with Gasteiger partial charge < -0.3 is 0 Å². The van der Waals surface area contributed by atoms with Crippen molar-refractivity contribution in [3.05, 3.63) is 0 Å². The Bertz CT molecular complexity index is 235. The third kappa shape index (κ3) is 4.31. The molecular weight excluding hydrogens is 260 g/mol. The zero-order valence-corrected chi connectivity index (χ0v) is 8.93. The summed E-state index contributed by atoms with van der Waals surface area (Å²) in [6.07, 6.45) is -8.88. The number of rotatable bonds is 7. The summed E-state index contributed by atoms with van der Waals surface area (Å²) in [7, 11) is 0. The van der Waals surface area contributed by atoms with Gasteiger partial charge in [-0.1, -0.05) is 13.3 Å². The average Bonchev–Trinajstić information content (AvgIpc) is 2.14. The van der Waals surface area contributed by atoms with Gasteiger partial charge in [0.1, 0.15) is 0 Å². The maximum absolute atomic E-state index is 12.8. The van der Waals surface area contributed by atoms with Crippen molar-refractivity contribution < 1.29 is 35.1 Å². The molecular formula is C9H12F8. The molecule has 0 N–H and O–H groups in total. The molecule has 0 bridgehead atoms. The summed E-state index contributed by atoms with van der Waals surface area (Å²) in [6, 6.07) is 0. The minimum atomic E-state index is -5.59. The number of halogens is 8. The van der Waals surface area contributed by atoms with Gasteiger partial charge in [-0.25, -0.2) is 17.6 Å². The Hall–Kier alpha value is -0.560. The molecule has 0 aliphatic carbocycles. The smallest absolute Gasteiger partial charge is 0.207 e. The molecule has 0 saturated heterocycles. The highest BCUT2D eigenvalue weighted by atomic mass is 19.3. The van der Waals surface area contributed by atoms with E-state index in [-0.39, 0.29) is 6.42 Å². The molecule has 0 heterocycles. The van der Waals surface area contributed by atoms with E-state index in [0.29, 0.717) is 0 Å². The Morgan fingerprint density at radius 2 is 1.29 bits per heavy atom. The van der Waals surface area contributed by atoms with Crippen LogP contribution in [0.3, 0.4) is 0 Å². The fourth-order valence-electron chi connectivity index (χ4n) is 1.16. The lowest BCUT2D eigenvalue weighted by atomic mass is 10.0. The SMILES string of the molecule is CCCC(F)(F)CCC(F)(F)C(F)(F)C(F)F. The Labute approximate surface area is 93.0 Å². The molecule has 0 spiro atoms. The van der Waals surface area contributed by atoms with E-state index in [1.165, 1.54) is 6.92 Å². The van der Waals surface area contributed by atoms with Gasteiger partial charge in [0, 0.05) is 19.3 Å². The lowest BCUT2D eigenvalue weighted by Gasteiger charge is -2.27. The van der Waals surface area contributed by atoms with E-state index in [1.54, 1.807) is 0 Å². The third-order valence-corrected chi connectivity index (χ3v) is 2.18. The maximum Gasteiger partial charge on any atom is 0.369 e. The van der Waals surface area contributed by atoms with Gasteiger partial charge in [0.15, 0.2) is 0 Å². The van der Waals surface area contributed by atoms with Crippen LogP contribution in [0.2, 0.25) is 0 Å². The van der Waals surface area contributed by atoms with E-state index in [9.17, 15) is 35.1 Å². The fourth-order valence-corrected chi connectivity index (χ4v) is 1.16. The van der Waals surface area contributed by atoms with Gasteiger partial charge in [-0.05, 0) is 0 Å². The molecule has 0 amide bonds. The predicted molar refractivity (Wildman–Crippen MR) is 45.0 cm³/mol. The van der Waals surface area contributed by atoms with Gasteiger partial charge in [0.25, 0.3) is 0 Å². The average molecular weight is 272 g/mol. The highest BCUT2D eigenvalue weighted by Crippen LogP contribution is 2.43. The first-order valence-electron chi connectivity index (χ1n) is 4.88. The molecule has 0 unspecified atom stereocenters. The summed E-state index contributed by atoms with van der Waals surface area (Å²) in [6.45, 7) is 1.36. The Morgan fingerprint density at radius 1 is 0.824 bits per heavy atom. The molecule has 0 fully saturated rings. The molecule has 0 aromatic rings. The first-order valence-corrected chi connectivity index (χ1v) is 4.88. The number of hydrogen-bond acceptors (Lipinski definition) is 0. The highest BCUT2D eigenvalue weighted by molar-refractivity contribution is 4.88. The van der Waals surface area contributed by atoms with Gasteiger partial charge in [0.2, 0.25) is 5.92 Å². The lowest BCUT2D eigenvalue weighted by molar-refractivity contribution is -0.269. The second kappa shape index (κ2) is 5.39. The highest BCUT2D eigenvalue weighted by Gasteiger charge is 2.62. The van der Waals surface area contributed by atoms with E-state index < -0.39 is 43.5 Å². The molecule has 0 aromatic carbocycles. The van der Waals surface area contributed by atoms with E-state index in [0.717, 1.165) is 0 Å². The maximum atomic E-state index is 12.8. The molecule has 0 aliphatic rings. The van der Waals surface area contributed by atoms with Crippen molar-refractivity contribution in [2.24, 2.45) is 0 Å². The van der Waals surface area contributed by atoms with Crippen LogP contribution in [-0.4, -0.2) is 24.2 Å². The van der Waals surface area contributed by atoms with Crippen LogP contribution < -0.4 is 0 Å². The zero-order valence-electron chi connectivity index (χ0n) is 8.93. The van der Waals surface area contributed by atoms with Crippen LogP contribution in [0.1, 0.15) is 32.6 Å². The standard InChI is InChI=1S/C9H12F8/c1-2-3-7(12,13)4-5-8(14,15)9(16,17)6(10)11/h6H,2-5H2,1H3. The van der Waals surface area contributed by atoms with Crippen LogP contribution in [0.5, 0.6) is 0 Å². The Balaban J connectivity index is 4.56. The molecule has 0 aliphatic heterocycles. The number of hydrogen-bond donors (Lipinski definition) is 0. The molecule has 8 heteroatoms. The predicted octanol–water partition coefficient (Wildman–Crippen LogP) is 4.74. The van der Waals surface area contributed by atoms with Crippen LogP contribution in [0.25, 0.3) is 0 Å². The number of alkyl halides is 8. The van der Waals surface area contributed by atoms with E-state index in [1.807, 2.05) is 0 Å². The summed E-state index contributed by atoms with van der Waals surface area (Å²) in [5.41, 5.74) is 0. The van der Waals surface area contributed by atoms with Gasteiger partial charge in [-0.2, -0.15) is 17.6 Å². The summed E-state index contributed by atoms with van der Waals surface area (Å²) >= 11 is 0. The minimum Gasteiger partial charge on any atom is -0.207 e. The Kier molecular flexibility index (Phi) is 5.21. The van der Waals surface area contributed by atoms with Crippen molar-refractivity contribution in [2.45, 2.75) is 56.8 Å². The lowest BCUT2D eigenvalue weighted by Crippen LogP contribution is -2.46. The summed E-state index contributed by atoms with van der Waals surface area (Å²) in [5, 5.41) is 0. The second-order valence-corrected chi connectivity index (χ2v) is 3.73. The van der Waals surface area contributed by atoms with E-state index in [2.05, 4.69) is 0 Å². The van der Waals surface area contributed by atoms with Gasteiger partial charge in [-0.3, -0.25) is 0 Å². The van der Waals surface area contributed by atoms with Crippen molar-refractivity contribution in [1.29, 1.82) is 0 Å². The first-order chi connectivity index (χ1) is 7.46. The molecule has 0 nitrogen and oxygen atoms in total. The second-order valence-electron chi connectivity index (χ2n) is 3.73. The third-order valence-electron chi connectivity index (χ3n) is 2.18. The topological polar surface area (TPSA) is 0 Å². The van der Waals surface area contributed by atoms with Gasteiger partial charge in [0.05, 0.1) is 0 Å². The van der Waals surface area contributed by atoms with Crippen LogP contribution in [0, 0.1) is 0 Å². The molecule has 0 rings (SSSR count). The normalized spacial score (nSPS) is 14.5. The zero-order chi connectivity index (χ0) is 13.9. The molecule has 0 atom stereocenters. The van der Waals surface area contributed by atoms with Crippen molar-refractivity contribution in [1.82, 2.24) is 0 Å². The molecule has 0 radical (unpaired) electrons. The summed E-state index contributed by atoms with van der Waals surface area (Å²) in [4.78, 5) is 0. The molecule has 0 saturated carbocycles. The fraction of sp³-hybridized carbons (Fsp3) is 1.00. The van der Waals surface area contributed by atoms with Crippen LogP contribution in [0.4, 0.5) is 35.1 Å². The quantitative estimate of drug-likeness (QED) is 0.587. The van der Waals surface area contributed by atoms with Crippen molar-refractivity contribution in [2.75, 3.05) is 0 Å². The van der Waals surface area contributed by atoms with Gasteiger partial charge >= 0.3 is 18.3 Å². The largest absolute Gasteiger partial charge is 0.369 e. The van der Waals surface area contributed by atoms with Crippen LogP contribution in [0.15, 0.2) is 0 Å². The monoisotopic (exact) mass is 272 g/mol. The molecule has 104 valence electrons. The summed E-state index contributed by atoms with van der Waals surface area (Å²) in [5.74, 6) is -14.3. The van der Waals surface area contributed by atoms with Crippen LogP contribution >= 0.6 is 0 Å². The first kappa shape index (κ1) is 16.4. The van der Waals surface area contributed by atoms with Crippen molar-refractivity contribution >= 4 is 0 Å². The molecule has 17 heavy (non-hydrogen) atoms.